The maximum atomic E-state index is 13.3. The van der Waals surface area contributed by atoms with Crippen LogP contribution in [-0.4, -0.2) is 37.2 Å². The molecule has 0 atom stereocenters. The number of hydrogen-bond acceptors (Lipinski definition) is 5. The summed E-state index contributed by atoms with van der Waals surface area (Å²) in [5.74, 6) is -0.325. The maximum Gasteiger partial charge on any atom is 0.240 e. The number of hydrogen-bond donors (Lipinski definition) is 2. The number of benzene rings is 3. The van der Waals surface area contributed by atoms with Gasteiger partial charge in [0.1, 0.15) is 23.0 Å². The van der Waals surface area contributed by atoms with Gasteiger partial charge in [0.15, 0.2) is 5.03 Å². The Morgan fingerprint density at radius 1 is 0.939 bits per heavy atom. The molecule has 0 saturated heterocycles. The van der Waals surface area contributed by atoms with Crippen molar-refractivity contribution in [3.05, 3.63) is 84.4 Å². The Kier molecular flexibility index (Phi) is 6.28. The van der Waals surface area contributed by atoms with Crippen molar-refractivity contribution in [2.24, 2.45) is 0 Å². The van der Waals surface area contributed by atoms with Gasteiger partial charge in [0, 0.05) is 16.8 Å². The van der Waals surface area contributed by atoms with E-state index in [2.05, 4.69) is 15.3 Å². The number of ether oxygens (including phenoxy) is 1. The molecule has 168 valence electrons. The van der Waals surface area contributed by atoms with Crippen LogP contribution in [0.15, 0.2) is 83.9 Å². The van der Waals surface area contributed by atoms with Gasteiger partial charge in [0.05, 0.1) is 7.11 Å². The van der Waals surface area contributed by atoms with Crippen molar-refractivity contribution < 1.29 is 17.9 Å². The Balaban J connectivity index is 1.66. The average Bonchev–Trinajstić information content (AvgIpc) is 3.27. The first-order valence-electron chi connectivity index (χ1n) is 10.2. The van der Waals surface area contributed by atoms with E-state index in [4.69, 9.17) is 4.74 Å². The van der Waals surface area contributed by atoms with Gasteiger partial charge in [-0.15, -0.1) is 0 Å². The molecule has 7 nitrogen and oxygen atoms in total. The van der Waals surface area contributed by atoms with Crippen LogP contribution in [0, 0.1) is 6.92 Å². The lowest BCUT2D eigenvalue weighted by Gasteiger charge is -2.08. The standard InChI is InChI=1S/C25H23N3O4S/c1-17-8-10-18(11-9-17)23-25(28-24(27-23)19-6-4-3-5-7-19)33(30,31)16-22(29)26-20-12-14-21(32-2)15-13-20/h3-15H,16H2,1-2H3,(H,26,29)(H,27,28). The summed E-state index contributed by atoms with van der Waals surface area (Å²) in [5, 5.41) is 2.53. The van der Waals surface area contributed by atoms with Crippen LogP contribution >= 0.6 is 0 Å². The van der Waals surface area contributed by atoms with Crippen LogP contribution in [-0.2, 0) is 14.6 Å². The van der Waals surface area contributed by atoms with E-state index in [1.807, 2.05) is 61.5 Å². The molecule has 0 aliphatic rings. The minimum absolute atomic E-state index is 0.0879. The molecule has 2 N–H and O–H groups in total. The van der Waals surface area contributed by atoms with E-state index in [0.717, 1.165) is 11.1 Å². The highest BCUT2D eigenvalue weighted by Gasteiger charge is 2.27. The summed E-state index contributed by atoms with van der Waals surface area (Å²) in [6.07, 6.45) is 0. The minimum Gasteiger partial charge on any atom is -0.497 e. The Morgan fingerprint density at radius 2 is 1.61 bits per heavy atom. The van der Waals surface area contributed by atoms with Crippen molar-refractivity contribution in [3.63, 3.8) is 0 Å². The van der Waals surface area contributed by atoms with E-state index in [1.54, 1.807) is 31.4 Å². The number of methoxy groups -OCH3 is 1. The van der Waals surface area contributed by atoms with E-state index in [1.165, 1.54) is 0 Å². The smallest absolute Gasteiger partial charge is 0.240 e. The van der Waals surface area contributed by atoms with Gasteiger partial charge in [-0.3, -0.25) is 4.79 Å². The number of nitrogens with one attached hydrogen (secondary N) is 2. The van der Waals surface area contributed by atoms with Gasteiger partial charge in [-0.05, 0) is 31.2 Å². The third-order valence-corrected chi connectivity index (χ3v) is 6.61. The lowest BCUT2D eigenvalue weighted by Crippen LogP contribution is -2.23. The molecule has 0 spiro atoms. The Hall–Kier alpha value is -3.91. The number of imidazole rings is 1. The molecule has 0 radical (unpaired) electrons. The predicted octanol–water partition coefficient (Wildman–Crippen LogP) is 4.47. The maximum absolute atomic E-state index is 13.3. The van der Waals surface area contributed by atoms with E-state index >= 15 is 0 Å². The summed E-state index contributed by atoms with van der Waals surface area (Å²) in [6, 6.07) is 23.3. The highest BCUT2D eigenvalue weighted by molar-refractivity contribution is 7.92. The predicted molar refractivity (Wildman–Crippen MR) is 128 cm³/mol. The topological polar surface area (TPSA) is 101 Å². The quantitative estimate of drug-likeness (QED) is 0.423. The van der Waals surface area contributed by atoms with Gasteiger partial charge in [-0.2, -0.15) is 0 Å². The second kappa shape index (κ2) is 9.30. The number of aryl methyl sites for hydroxylation is 1. The zero-order chi connectivity index (χ0) is 23.4. The van der Waals surface area contributed by atoms with E-state index in [0.29, 0.717) is 22.8 Å². The van der Waals surface area contributed by atoms with Gasteiger partial charge in [0.2, 0.25) is 15.7 Å². The summed E-state index contributed by atoms with van der Waals surface area (Å²) in [7, 11) is -2.48. The molecule has 0 unspecified atom stereocenters. The first-order chi connectivity index (χ1) is 15.9. The van der Waals surface area contributed by atoms with Crippen molar-refractivity contribution in [3.8, 4) is 28.4 Å². The number of carbonyl (C=O) groups excluding carboxylic acids is 1. The number of anilines is 1. The molecule has 1 heterocycles. The molecule has 0 fully saturated rings. The van der Waals surface area contributed by atoms with Gasteiger partial charge in [-0.25, -0.2) is 13.4 Å². The summed E-state index contributed by atoms with van der Waals surface area (Å²) in [4.78, 5) is 20.1. The van der Waals surface area contributed by atoms with Gasteiger partial charge in [-0.1, -0.05) is 60.2 Å². The summed E-state index contributed by atoms with van der Waals surface area (Å²) in [5.41, 5.74) is 3.19. The number of rotatable bonds is 7. The number of H-pyrrole nitrogens is 1. The number of nitrogens with zero attached hydrogens (tertiary/aromatic N) is 1. The minimum atomic E-state index is -4.02. The van der Waals surface area contributed by atoms with E-state index in [9.17, 15) is 13.2 Å². The third kappa shape index (κ3) is 5.12. The van der Waals surface area contributed by atoms with Crippen LogP contribution in [0.1, 0.15) is 5.56 Å². The lowest BCUT2D eigenvalue weighted by molar-refractivity contribution is -0.113. The number of aromatic amines is 1. The molecule has 3 aromatic carbocycles. The van der Waals surface area contributed by atoms with Crippen molar-refractivity contribution >= 4 is 21.4 Å². The highest BCUT2D eigenvalue weighted by Crippen LogP contribution is 2.30. The second-order valence-corrected chi connectivity index (χ2v) is 9.46. The number of aromatic nitrogens is 2. The molecular weight excluding hydrogens is 438 g/mol. The summed E-state index contributed by atoms with van der Waals surface area (Å²) in [6.45, 7) is 1.95. The molecule has 33 heavy (non-hydrogen) atoms. The van der Waals surface area contributed by atoms with Crippen LogP contribution in [0.25, 0.3) is 22.6 Å². The van der Waals surface area contributed by atoms with Crippen LogP contribution in [0.2, 0.25) is 0 Å². The fourth-order valence-corrected chi connectivity index (χ4v) is 4.61. The molecule has 0 saturated carbocycles. The van der Waals surface area contributed by atoms with E-state index in [-0.39, 0.29) is 10.7 Å². The van der Waals surface area contributed by atoms with Crippen LogP contribution < -0.4 is 10.1 Å². The molecule has 1 aromatic heterocycles. The molecule has 1 amide bonds. The van der Waals surface area contributed by atoms with Crippen molar-refractivity contribution in [1.82, 2.24) is 9.97 Å². The Labute approximate surface area is 192 Å². The monoisotopic (exact) mass is 461 g/mol. The normalized spacial score (nSPS) is 11.2. The molecule has 4 aromatic rings. The first kappa shape index (κ1) is 22.3. The van der Waals surface area contributed by atoms with Crippen molar-refractivity contribution in [2.75, 3.05) is 18.2 Å². The SMILES string of the molecule is COc1ccc(NC(=O)CS(=O)(=O)c2[nH]c(-c3ccccc3)nc2-c2ccc(C)cc2)cc1. The molecule has 0 bridgehead atoms. The van der Waals surface area contributed by atoms with Crippen LogP contribution in [0.3, 0.4) is 0 Å². The summed E-state index contributed by atoms with van der Waals surface area (Å²) >= 11 is 0. The number of carbonyl (C=O) groups is 1. The zero-order valence-corrected chi connectivity index (χ0v) is 19.0. The number of sulfone groups is 1. The Morgan fingerprint density at radius 3 is 2.24 bits per heavy atom. The highest BCUT2D eigenvalue weighted by atomic mass is 32.2. The fourth-order valence-electron chi connectivity index (χ4n) is 3.34. The Bertz CT molecular complexity index is 1360. The molecule has 4 rings (SSSR count). The fraction of sp³-hybridized carbons (Fsp3) is 0.120. The van der Waals surface area contributed by atoms with Crippen molar-refractivity contribution in [2.45, 2.75) is 11.9 Å². The van der Waals surface area contributed by atoms with E-state index < -0.39 is 21.5 Å². The molecule has 0 aliphatic heterocycles. The summed E-state index contributed by atoms with van der Waals surface area (Å²) < 4.78 is 31.7. The lowest BCUT2D eigenvalue weighted by atomic mass is 10.1. The van der Waals surface area contributed by atoms with Crippen molar-refractivity contribution in [1.29, 1.82) is 0 Å². The van der Waals surface area contributed by atoms with Crippen LogP contribution in [0.4, 0.5) is 5.69 Å². The third-order valence-electron chi connectivity index (χ3n) is 5.05. The largest absolute Gasteiger partial charge is 0.497 e. The van der Waals surface area contributed by atoms with Gasteiger partial charge >= 0.3 is 0 Å². The molecule has 0 aliphatic carbocycles. The zero-order valence-electron chi connectivity index (χ0n) is 18.2. The van der Waals surface area contributed by atoms with Gasteiger partial charge < -0.3 is 15.0 Å². The second-order valence-electron chi connectivity index (χ2n) is 7.53. The molecular formula is C25H23N3O4S. The van der Waals surface area contributed by atoms with Crippen LogP contribution in [0.5, 0.6) is 5.75 Å². The average molecular weight is 462 g/mol. The first-order valence-corrected chi connectivity index (χ1v) is 11.9. The number of amides is 1. The molecule has 8 heteroatoms. The van der Waals surface area contributed by atoms with Gasteiger partial charge in [0.25, 0.3) is 0 Å².